The molecule has 0 atom stereocenters. The van der Waals surface area contributed by atoms with E-state index in [2.05, 4.69) is 5.32 Å². The maximum absolute atomic E-state index is 13.1. The zero-order valence-corrected chi connectivity index (χ0v) is 12.6. The van der Waals surface area contributed by atoms with Gasteiger partial charge in [-0.05, 0) is 41.8 Å². The smallest absolute Gasteiger partial charge is 0.410 e. The van der Waals surface area contributed by atoms with Gasteiger partial charge in [0.1, 0.15) is 11.6 Å². The van der Waals surface area contributed by atoms with Gasteiger partial charge in [0, 0.05) is 18.7 Å². The van der Waals surface area contributed by atoms with Crippen LogP contribution in [0.5, 0.6) is 5.75 Å². The Labute approximate surface area is 136 Å². The van der Waals surface area contributed by atoms with Crippen LogP contribution >= 0.6 is 0 Å². The number of rotatable bonds is 6. The quantitative estimate of drug-likeness (QED) is 0.624. The number of benzene rings is 2. The lowest BCUT2D eigenvalue weighted by atomic mass is 10.1. The minimum Gasteiger partial charge on any atom is -0.410 e. The molecule has 2 rings (SSSR count). The van der Waals surface area contributed by atoms with Gasteiger partial charge in [0.25, 0.3) is 5.69 Å². The zero-order chi connectivity index (χ0) is 17.5. The Bertz CT molecular complexity index is 734. The molecular formula is C16H15FN2O5. The highest BCUT2D eigenvalue weighted by molar-refractivity contribution is 5.70. The monoisotopic (exact) mass is 334 g/mol. The molecule has 126 valence electrons. The minimum absolute atomic E-state index is 0.101. The Morgan fingerprint density at radius 1 is 1.21 bits per heavy atom. The van der Waals surface area contributed by atoms with Crippen LogP contribution in [0, 0.1) is 15.9 Å². The van der Waals surface area contributed by atoms with Crippen molar-refractivity contribution in [3.63, 3.8) is 0 Å². The molecule has 0 heterocycles. The predicted molar refractivity (Wildman–Crippen MR) is 83.1 cm³/mol. The van der Waals surface area contributed by atoms with E-state index in [1.165, 1.54) is 36.4 Å². The number of non-ortho nitro benzene ring substituents is 1. The van der Waals surface area contributed by atoms with Crippen LogP contribution in [0.3, 0.4) is 0 Å². The van der Waals surface area contributed by atoms with E-state index in [9.17, 15) is 24.4 Å². The molecule has 0 saturated carbocycles. The second-order valence-electron chi connectivity index (χ2n) is 4.89. The summed E-state index contributed by atoms with van der Waals surface area (Å²) in [4.78, 5) is 21.6. The van der Waals surface area contributed by atoms with Gasteiger partial charge in [-0.15, -0.1) is 0 Å². The van der Waals surface area contributed by atoms with Crippen molar-refractivity contribution >= 4 is 11.8 Å². The van der Waals surface area contributed by atoms with Crippen molar-refractivity contribution in [3.05, 3.63) is 69.5 Å². The van der Waals surface area contributed by atoms with Gasteiger partial charge in [-0.2, -0.15) is 0 Å². The van der Waals surface area contributed by atoms with Crippen molar-refractivity contribution in [2.75, 3.05) is 6.54 Å². The molecule has 0 aromatic heterocycles. The van der Waals surface area contributed by atoms with E-state index in [4.69, 9.17) is 4.74 Å². The molecule has 2 aromatic rings. The van der Waals surface area contributed by atoms with Gasteiger partial charge in [0.2, 0.25) is 0 Å². The summed E-state index contributed by atoms with van der Waals surface area (Å²) >= 11 is 0. The number of nitrogens with zero attached hydrogens (tertiary/aromatic N) is 1. The van der Waals surface area contributed by atoms with Crippen molar-refractivity contribution < 1.29 is 24.0 Å². The van der Waals surface area contributed by atoms with Crippen molar-refractivity contribution in [2.45, 2.75) is 13.0 Å². The van der Waals surface area contributed by atoms with Crippen LogP contribution < -0.4 is 10.1 Å². The first-order valence-corrected chi connectivity index (χ1v) is 7.08. The highest BCUT2D eigenvalue weighted by atomic mass is 19.1. The molecule has 0 aliphatic carbocycles. The molecule has 0 spiro atoms. The first-order valence-electron chi connectivity index (χ1n) is 7.08. The van der Waals surface area contributed by atoms with Crippen LogP contribution in [0.15, 0.2) is 42.5 Å². The Kier molecular flexibility index (Phi) is 5.80. The molecule has 7 nitrogen and oxygen atoms in total. The number of hydrogen-bond acceptors (Lipinski definition) is 5. The highest BCUT2D eigenvalue weighted by Gasteiger charge is 2.09. The summed E-state index contributed by atoms with van der Waals surface area (Å²) < 4.78 is 18.0. The number of amides is 1. The summed E-state index contributed by atoms with van der Waals surface area (Å²) in [6.45, 7) is -0.0647. The second kappa shape index (κ2) is 8.02. The summed E-state index contributed by atoms with van der Waals surface area (Å²) in [6, 6.07) is 9.17. The van der Waals surface area contributed by atoms with Gasteiger partial charge >= 0.3 is 6.09 Å². The summed E-state index contributed by atoms with van der Waals surface area (Å²) in [5.41, 5.74) is 1.07. The third-order valence-corrected chi connectivity index (χ3v) is 3.26. The van der Waals surface area contributed by atoms with Gasteiger partial charge in [0.05, 0.1) is 11.5 Å². The zero-order valence-electron chi connectivity index (χ0n) is 12.6. The van der Waals surface area contributed by atoms with Gasteiger partial charge in [0.15, 0.2) is 0 Å². The van der Waals surface area contributed by atoms with Gasteiger partial charge in [-0.25, -0.2) is 9.18 Å². The lowest BCUT2D eigenvalue weighted by Crippen LogP contribution is -2.28. The number of nitrogens with one attached hydrogen (secondary N) is 1. The van der Waals surface area contributed by atoms with E-state index in [0.29, 0.717) is 12.0 Å². The first kappa shape index (κ1) is 17.4. The molecule has 0 bridgehead atoms. The van der Waals surface area contributed by atoms with Gasteiger partial charge < -0.3 is 15.2 Å². The molecule has 1 amide bonds. The molecule has 0 unspecified atom stereocenters. The van der Waals surface area contributed by atoms with Crippen molar-refractivity contribution in [1.29, 1.82) is 0 Å². The number of aliphatic hydroxyl groups is 1. The van der Waals surface area contributed by atoms with Crippen LogP contribution in [0.1, 0.15) is 11.1 Å². The molecule has 2 aromatic carbocycles. The lowest BCUT2D eigenvalue weighted by Gasteiger charge is -2.09. The summed E-state index contributed by atoms with van der Waals surface area (Å²) in [5.74, 6) is -0.260. The third kappa shape index (κ3) is 4.75. The van der Waals surface area contributed by atoms with Crippen LogP contribution in [-0.2, 0) is 13.0 Å². The van der Waals surface area contributed by atoms with E-state index in [0.717, 1.165) is 5.56 Å². The number of aliphatic hydroxyl groups excluding tert-OH is 1. The normalized spacial score (nSPS) is 10.2. The fourth-order valence-electron chi connectivity index (χ4n) is 2.06. The largest absolute Gasteiger partial charge is 0.412 e. The lowest BCUT2D eigenvalue weighted by molar-refractivity contribution is -0.384. The molecule has 0 fully saturated rings. The number of halogens is 1. The number of hydrogen-bond donors (Lipinski definition) is 2. The maximum atomic E-state index is 13.1. The topological polar surface area (TPSA) is 102 Å². The Morgan fingerprint density at radius 2 is 1.92 bits per heavy atom. The number of carbonyl (C=O) groups is 1. The molecule has 24 heavy (non-hydrogen) atoms. The minimum atomic E-state index is -0.712. The average Bonchev–Trinajstić information content (AvgIpc) is 2.56. The van der Waals surface area contributed by atoms with Crippen molar-refractivity contribution in [2.24, 2.45) is 0 Å². The van der Waals surface area contributed by atoms with Crippen molar-refractivity contribution in [1.82, 2.24) is 5.32 Å². The number of nitro benzene ring substituents is 1. The standard InChI is InChI=1S/C16H15FN2O5/c17-13-2-1-11(12(9-13)10-20)7-8-18-16(21)24-15-5-3-14(4-6-15)19(22)23/h1-6,9,20H,7-8,10H2,(H,18,21). The van der Waals surface area contributed by atoms with Crippen LogP contribution in [0.25, 0.3) is 0 Å². The van der Waals surface area contributed by atoms with Crippen LogP contribution in [0.2, 0.25) is 0 Å². The number of nitro groups is 1. The van der Waals surface area contributed by atoms with E-state index < -0.39 is 16.8 Å². The Hall–Kier alpha value is -3.00. The fraction of sp³-hybridized carbons (Fsp3) is 0.188. The number of carbonyl (C=O) groups excluding carboxylic acids is 1. The Balaban J connectivity index is 1.84. The summed E-state index contributed by atoms with van der Waals surface area (Å²) in [5, 5.41) is 22.2. The SMILES string of the molecule is O=C(NCCc1ccc(F)cc1CO)Oc1ccc([N+](=O)[O-])cc1. The number of ether oxygens (including phenoxy) is 1. The van der Waals surface area contributed by atoms with Gasteiger partial charge in [-0.3, -0.25) is 10.1 Å². The molecule has 2 N–H and O–H groups in total. The van der Waals surface area contributed by atoms with Gasteiger partial charge in [-0.1, -0.05) is 6.07 Å². The van der Waals surface area contributed by atoms with Crippen LogP contribution in [0.4, 0.5) is 14.9 Å². The summed E-state index contributed by atoms with van der Waals surface area (Å²) in [7, 11) is 0. The van der Waals surface area contributed by atoms with Crippen LogP contribution in [-0.4, -0.2) is 22.7 Å². The predicted octanol–water partition coefficient (Wildman–Crippen LogP) is 2.56. The summed E-state index contributed by atoms with van der Waals surface area (Å²) in [6.07, 6.45) is -0.317. The Morgan fingerprint density at radius 3 is 2.54 bits per heavy atom. The van der Waals surface area contributed by atoms with E-state index in [-0.39, 0.29) is 24.6 Å². The fourth-order valence-corrected chi connectivity index (χ4v) is 2.06. The van der Waals surface area contributed by atoms with E-state index >= 15 is 0 Å². The maximum Gasteiger partial charge on any atom is 0.412 e. The third-order valence-electron chi connectivity index (χ3n) is 3.26. The molecule has 8 heteroatoms. The molecule has 0 radical (unpaired) electrons. The molecule has 0 aliphatic rings. The highest BCUT2D eigenvalue weighted by Crippen LogP contribution is 2.17. The second-order valence-corrected chi connectivity index (χ2v) is 4.89. The average molecular weight is 334 g/mol. The van der Waals surface area contributed by atoms with E-state index in [1.54, 1.807) is 6.07 Å². The first-order chi connectivity index (χ1) is 11.5. The molecule has 0 aliphatic heterocycles. The molecular weight excluding hydrogens is 319 g/mol. The van der Waals surface area contributed by atoms with Crippen molar-refractivity contribution in [3.8, 4) is 5.75 Å². The van der Waals surface area contributed by atoms with E-state index in [1.807, 2.05) is 0 Å². The molecule has 0 saturated heterocycles.